The molecule has 1 saturated heterocycles. The molecule has 1 unspecified atom stereocenters. The van der Waals surface area contributed by atoms with Gasteiger partial charge in [0.15, 0.2) is 0 Å². The Morgan fingerprint density at radius 2 is 2.12 bits per heavy atom. The fourth-order valence-corrected chi connectivity index (χ4v) is 3.24. The van der Waals surface area contributed by atoms with Crippen LogP contribution in [-0.4, -0.2) is 34.9 Å². The van der Waals surface area contributed by atoms with Crippen molar-refractivity contribution in [1.29, 1.82) is 0 Å². The zero-order valence-electron chi connectivity index (χ0n) is 15.0. The van der Waals surface area contributed by atoms with Crippen LogP contribution >= 0.6 is 12.4 Å². The fourth-order valence-electron chi connectivity index (χ4n) is 3.24. The maximum absolute atomic E-state index is 13.9. The molecule has 6 heteroatoms. The van der Waals surface area contributed by atoms with Gasteiger partial charge in [0.05, 0.1) is 12.2 Å². The number of pyridine rings is 1. The summed E-state index contributed by atoms with van der Waals surface area (Å²) in [6.07, 6.45) is 4.60. The molecular formula is C20H25ClFN3O. The number of amides is 1. The molecule has 0 bridgehead atoms. The number of hydrogen-bond acceptors (Lipinski definition) is 3. The third-order valence-corrected chi connectivity index (χ3v) is 4.72. The number of hydrogen-bond donors (Lipinski definition) is 1. The molecule has 26 heavy (non-hydrogen) atoms. The van der Waals surface area contributed by atoms with Crippen molar-refractivity contribution >= 4 is 18.3 Å². The predicted octanol–water partition coefficient (Wildman–Crippen LogP) is 3.74. The fraction of sp³-hybridized carbons (Fsp3) is 0.400. The summed E-state index contributed by atoms with van der Waals surface area (Å²) in [5.41, 5.74) is 1.79. The minimum absolute atomic E-state index is 0. The van der Waals surface area contributed by atoms with Crippen molar-refractivity contribution < 1.29 is 9.18 Å². The van der Waals surface area contributed by atoms with E-state index in [1.165, 1.54) is 6.07 Å². The normalized spacial score (nSPS) is 17.1. The summed E-state index contributed by atoms with van der Waals surface area (Å²) in [6, 6.07) is 10.6. The highest BCUT2D eigenvalue weighted by atomic mass is 35.5. The second-order valence-corrected chi connectivity index (χ2v) is 6.55. The molecule has 2 aromatic rings. The van der Waals surface area contributed by atoms with Crippen LogP contribution in [-0.2, 0) is 6.54 Å². The number of carbonyl (C=O) groups is 1. The topological polar surface area (TPSA) is 45.2 Å². The summed E-state index contributed by atoms with van der Waals surface area (Å²) in [4.78, 5) is 19.4. The highest BCUT2D eigenvalue weighted by Crippen LogP contribution is 2.20. The lowest BCUT2D eigenvalue weighted by Gasteiger charge is -2.31. The molecule has 4 nitrogen and oxygen atoms in total. The van der Waals surface area contributed by atoms with Gasteiger partial charge in [-0.3, -0.25) is 9.78 Å². The van der Waals surface area contributed by atoms with E-state index >= 15 is 0 Å². The van der Waals surface area contributed by atoms with Crippen LogP contribution in [0.2, 0.25) is 0 Å². The Balaban J connectivity index is 0.00000243. The molecule has 1 fully saturated rings. The Labute approximate surface area is 160 Å². The van der Waals surface area contributed by atoms with E-state index in [2.05, 4.69) is 10.3 Å². The standard InChI is InChI=1S/C20H24FN3O.ClH/c1-15-7-8-16(13-19(15)21)20(25)24(14-17-5-2-3-11-23-17)18-6-4-10-22-12-9-18;/h2-3,5,7-8,11,13,18,22H,4,6,9-10,12,14H2,1H3;1H. The number of benzene rings is 1. The van der Waals surface area contributed by atoms with Gasteiger partial charge in [-0.2, -0.15) is 0 Å². The Hall–Kier alpha value is -1.98. The van der Waals surface area contributed by atoms with E-state index in [1.807, 2.05) is 23.1 Å². The number of aromatic nitrogens is 1. The number of rotatable bonds is 4. The maximum Gasteiger partial charge on any atom is 0.254 e. The molecular weight excluding hydrogens is 353 g/mol. The van der Waals surface area contributed by atoms with Crippen molar-refractivity contribution in [2.24, 2.45) is 0 Å². The molecule has 1 aromatic heterocycles. The van der Waals surface area contributed by atoms with Gasteiger partial charge in [0.25, 0.3) is 5.91 Å². The van der Waals surface area contributed by atoms with Gasteiger partial charge >= 0.3 is 0 Å². The first kappa shape index (κ1) is 20.3. The van der Waals surface area contributed by atoms with Crippen LogP contribution in [0.4, 0.5) is 4.39 Å². The van der Waals surface area contributed by atoms with Crippen molar-refractivity contribution in [3.05, 3.63) is 65.2 Å². The van der Waals surface area contributed by atoms with Crippen molar-refractivity contribution in [2.75, 3.05) is 13.1 Å². The third-order valence-electron chi connectivity index (χ3n) is 4.72. The number of nitrogens with zero attached hydrogens (tertiary/aromatic N) is 2. The molecule has 0 radical (unpaired) electrons. The maximum atomic E-state index is 13.9. The molecule has 1 aliphatic rings. The molecule has 1 amide bonds. The van der Waals surface area contributed by atoms with E-state index in [-0.39, 0.29) is 30.2 Å². The molecule has 2 heterocycles. The number of aryl methyl sites for hydroxylation is 1. The first-order chi connectivity index (χ1) is 12.1. The number of nitrogens with one attached hydrogen (secondary N) is 1. The van der Waals surface area contributed by atoms with Gasteiger partial charge in [0.2, 0.25) is 0 Å². The monoisotopic (exact) mass is 377 g/mol. The second kappa shape index (κ2) is 9.64. The molecule has 1 N–H and O–H groups in total. The van der Waals surface area contributed by atoms with Crippen LogP contribution in [0.15, 0.2) is 42.6 Å². The minimum atomic E-state index is -0.342. The van der Waals surface area contributed by atoms with E-state index in [9.17, 15) is 9.18 Å². The molecule has 0 aliphatic carbocycles. The van der Waals surface area contributed by atoms with Gasteiger partial charge in [0, 0.05) is 17.8 Å². The van der Waals surface area contributed by atoms with E-state index in [4.69, 9.17) is 0 Å². The Morgan fingerprint density at radius 1 is 1.27 bits per heavy atom. The molecule has 0 spiro atoms. The SMILES string of the molecule is Cc1ccc(C(=O)N(Cc2ccccn2)C2CCCNCC2)cc1F.Cl. The van der Waals surface area contributed by atoms with Crippen LogP contribution in [0.5, 0.6) is 0 Å². The van der Waals surface area contributed by atoms with Gasteiger partial charge < -0.3 is 10.2 Å². The third kappa shape index (κ3) is 5.02. The Kier molecular flexibility index (Phi) is 7.54. The van der Waals surface area contributed by atoms with Crippen LogP contribution in [0.3, 0.4) is 0 Å². The highest BCUT2D eigenvalue weighted by Gasteiger charge is 2.26. The van der Waals surface area contributed by atoms with E-state index in [0.717, 1.165) is 38.0 Å². The average molecular weight is 378 g/mol. The summed E-state index contributed by atoms with van der Waals surface area (Å²) in [5, 5.41) is 3.38. The minimum Gasteiger partial charge on any atom is -0.330 e. The zero-order chi connectivity index (χ0) is 17.6. The first-order valence-electron chi connectivity index (χ1n) is 8.83. The van der Waals surface area contributed by atoms with Crippen LogP contribution in [0, 0.1) is 12.7 Å². The van der Waals surface area contributed by atoms with Crippen LogP contribution in [0.25, 0.3) is 0 Å². The van der Waals surface area contributed by atoms with E-state index in [1.54, 1.807) is 25.3 Å². The number of carbonyl (C=O) groups excluding carboxylic acids is 1. The molecule has 3 rings (SSSR count). The lowest BCUT2D eigenvalue weighted by Crippen LogP contribution is -2.40. The average Bonchev–Trinajstić information content (AvgIpc) is 2.91. The summed E-state index contributed by atoms with van der Waals surface area (Å²) in [7, 11) is 0. The zero-order valence-corrected chi connectivity index (χ0v) is 15.8. The van der Waals surface area contributed by atoms with Gasteiger partial charge in [-0.05, 0) is 69.1 Å². The Morgan fingerprint density at radius 3 is 2.85 bits per heavy atom. The molecule has 1 aliphatic heterocycles. The summed E-state index contributed by atoms with van der Waals surface area (Å²) < 4.78 is 13.9. The van der Waals surface area contributed by atoms with Crippen LogP contribution < -0.4 is 5.32 Å². The smallest absolute Gasteiger partial charge is 0.254 e. The summed E-state index contributed by atoms with van der Waals surface area (Å²) >= 11 is 0. The largest absolute Gasteiger partial charge is 0.330 e. The van der Waals surface area contributed by atoms with E-state index in [0.29, 0.717) is 17.7 Å². The quantitative estimate of drug-likeness (QED) is 0.882. The van der Waals surface area contributed by atoms with Crippen LogP contribution in [0.1, 0.15) is 40.9 Å². The molecule has 140 valence electrons. The highest BCUT2D eigenvalue weighted by molar-refractivity contribution is 5.94. The summed E-state index contributed by atoms with van der Waals surface area (Å²) in [5.74, 6) is -0.470. The van der Waals surface area contributed by atoms with Crippen molar-refractivity contribution in [2.45, 2.75) is 38.8 Å². The van der Waals surface area contributed by atoms with E-state index < -0.39 is 0 Å². The first-order valence-corrected chi connectivity index (χ1v) is 8.83. The second-order valence-electron chi connectivity index (χ2n) is 6.55. The van der Waals surface area contributed by atoms with Crippen molar-refractivity contribution in [3.8, 4) is 0 Å². The van der Waals surface area contributed by atoms with Gasteiger partial charge in [-0.15, -0.1) is 12.4 Å². The predicted molar refractivity (Wildman–Crippen MR) is 103 cm³/mol. The molecule has 1 aromatic carbocycles. The number of halogens is 2. The molecule has 0 saturated carbocycles. The van der Waals surface area contributed by atoms with Gasteiger partial charge in [-0.25, -0.2) is 4.39 Å². The van der Waals surface area contributed by atoms with Gasteiger partial charge in [-0.1, -0.05) is 12.1 Å². The van der Waals surface area contributed by atoms with Crippen molar-refractivity contribution in [1.82, 2.24) is 15.2 Å². The van der Waals surface area contributed by atoms with Gasteiger partial charge in [0.1, 0.15) is 5.82 Å². The Bertz CT molecular complexity index is 718. The lowest BCUT2D eigenvalue weighted by molar-refractivity contribution is 0.0642. The lowest BCUT2D eigenvalue weighted by atomic mass is 10.0. The van der Waals surface area contributed by atoms with Crippen molar-refractivity contribution in [3.63, 3.8) is 0 Å². The summed E-state index contributed by atoms with van der Waals surface area (Å²) in [6.45, 7) is 4.01. The molecule has 1 atom stereocenters.